The fraction of sp³-hybridized carbons (Fsp3) is 0.364. The predicted octanol–water partition coefficient (Wildman–Crippen LogP) is 5.92. The molecule has 0 nitrogen and oxygen atoms in total. The Morgan fingerprint density at radius 2 is 1.70 bits per heavy atom. The summed E-state index contributed by atoms with van der Waals surface area (Å²) >= 11 is -2.44. The molecule has 1 unspecified atom stereocenters. The number of hydrogen-bond donors (Lipinski definition) is 0. The maximum absolute atomic E-state index is 2.59. The first-order chi connectivity index (χ1) is 10.9. The van der Waals surface area contributed by atoms with Gasteiger partial charge >= 0.3 is 146 Å². The van der Waals surface area contributed by atoms with E-state index in [-0.39, 0.29) is 0 Å². The SMILES string of the molecule is CC1=Cc2cc(CC(C)C)ccc2[CH]1[Zr]([CH3])([CH3])[c]1ccccc1. The minimum absolute atomic E-state index is 0.676. The van der Waals surface area contributed by atoms with Crippen LogP contribution < -0.4 is 3.27 Å². The summed E-state index contributed by atoms with van der Waals surface area (Å²) in [6, 6.07) is 18.5. The van der Waals surface area contributed by atoms with Crippen LogP contribution in [0.25, 0.3) is 6.08 Å². The Bertz CT molecular complexity index is 723. The van der Waals surface area contributed by atoms with Gasteiger partial charge in [-0.1, -0.05) is 0 Å². The second-order valence-corrected chi connectivity index (χ2v) is 19.3. The predicted molar refractivity (Wildman–Crippen MR) is 99.2 cm³/mol. The normalized spacial score (nSPS) is 17.3. The summed E-state index contributed by atoms with van der Waals surface area (Å²) < 4.78 is 7.47. The third-order valence-corrected chi connectivity index (χ3v) is 15.1. The molecule has 0 saturated carbocycles. The van der Waals surface area contributed by atoms with Gasteiger partial charge in [-0.3, -0.25) is 0 Å². The van der Waals surface area contributed by atoms with Crippen molar-refractivity contribution in [3.05, 3.63) is 70.8 Å². The fourth-order valence-electron chi connectivity index (χ4n) is 4.18. The van der Waals surface area contributed by atoms with E-state index >= 15 is 0 Å². The Balaban J connectivity index is 2.00. The molecule has 0 bridgehead atoms. The first kappa shape index (κ1) is 16.9. The molecule has 2 aromatic carbocycles. The zero-order chi connectivity index (χ0) is 16.6. The van der Waals surface area contributed by atoms with E-state index in [1.807, 2.05) is 0 Å². The second kappa shape index (κ2) is 6.52. The molecule has 2 aromatic rings. The first-order valence-corrected chi connectivity index (χ1v) is 16.3. The number of hydrogen-bond acceptors (Lipinski definition) is 0. The topological polar surface area (TPSA) is 0 Å². The van der Waals surface area contributed by atoms with Gasteiger partial charge in [-0.15, -0.1) is 0 Å². The molecule has 0 N–H and O–H groups in total. The van der Waals surface area contributed by atoms with Crippen molar-refractivity contribution in [3.63, 3.8) is 0 Å². The van der Waals surface area contributed by atoms with Crippen LogP contribution in [0, 0.1) is 5.92 Å². The van der Waals surface area contributed by atoms with Gasteiger partial charge in [0.25, 0.3) is 0 Å². The number of rotatable bonds is 4. The fourth-order valence-corrected chi connectivity index (χ4v) is 13.1. The molecule has 0 fully saturated rings. The number of benzene rings is 2. The molecule has 1 aliphatic carbocycles. The zero-order valence-electron chi connectivity index (χ0n) is 15.1. The van der Waals surface area contributed by atoms with Crippen molar-refractivity contribution in [2.45, 2.75) is 40.1 Å². The van der Waals surface area contributed by atoms with Crippen LogP contribution in [0.1, 0.15) is 41.1 Å². The van der Waals surface area contributed by atoms with Gasteiger partial charge in [-0.25, -0.2) is 0 Å². The summed E-state index contributed by atoms with van der Waals surface area (Å²) in [5.74, 6) is 0.718. The van der Waals surface area contributed by atoms with E-state index in [0.717, 1.165) is 5.92 Å². The number of fused-ring (bicyclic) bond motifs is 1. The van der Waals surface area contributed by atoms with Crippen LogP contribution in [0.15, 0.2) is 54.1 Å². The molecule has 3 rings (SSSR count). The second-order valence-electron chi connectivity index (χ2n) is 7.97. The molecule has 0 spiro atoms. The van der Waals surface area contributed by atoms with Crippen molar-refractivity contribution in [1.82, 2.24) is 0 Å². The van der Waals surface area contributed by atoms with Crippen molar-refractivity contribution >= 4 is 9.35 Å². The van der Waals surface area contributed by atoms with Crippen molar-refractivity contribution < 1.29 is 20.3 Å². The van der Waals surface area contributed by atoms with Gasteiger partial charge in [0.05, 0.1) is 0 Å². The monoisotopic (exact) mass is 382 g/mol. The van der Waals surface area contributed by atoms with Crippen LogP contribution in [0.4, 0.5) is 0 Å². The van der Waals surface area contributed by atoms with Gasteiger partial charge in [0.2, 0.25) is 0 Å². The minimum atomic E-state index is -2.44. The molecule has 0 amide bonds. The van der Waals surface area contributed by atoms with E-state index in [1.54, 1.807) is 14.4 Å². The summed E-state index contributed by atoms with van der Waals surface area (Å²) in [6.07, 6.45) is 3.63. The Hall–Kier alpha value is -0.937. The van der Waals surface area contributed by atoms with Crippen LogP contribution in [0.5, 0.6) is 0 Å². The molecule has 1 atom stereocenters. The Kier molecular flexibility index (Phi) is 4.79. The van der Waals surface area contributed by atoms with Gasteiger partial charge in [0, 0.05) is 0 Å². The summed E-state index contributed by atoms with van der Waals surface area (Å²) in [5, 5.41) is 0. The van der Waals surface area contributed by atoms with Crippen molar-refractivity contribution in [1.29, 1.82) is 0 Å². The third kappa shape index (κ3) is 3.31. The first-order valence-electron chi connectivity index (χ1n) is 8.76. The summed E-state index contributed by atoms with van der Waals surface area (Å²) in [7, 11) is 0. The molecular weight excluding hydrogens is 355 g/mol. The summed E-state index contributed by atoms with van der Waals surface area (Å²) in [4.78, 5) is 0. The molecule has 0 heterocycles. The maximum atomic E-state index is 2.59. The van der Waals surface area contributed by atoms with E-state index in [0.29, 0.717) is 3.63 Å². The van der Waals surface area contributed by atoms with E-state index in [4.69, 9.17) is 0 Å². The van der Waals surface area contributed by atoms with Crippen LogP contribution in [0.2, 0.25) is 9.26 Å². The molecule has 0 aromatic heterocycles. The Morgan fingerprint density at radius 3 is 2.35 bits per heavy atom. The van der Waals surface area contributed by atoms with E-state index in [9.17, 15) is 0 Å². The molecule has 0 radical (unpaired) electrons. The summed E-state index contributed by atoms with van der Waals surface area (Å²) in [5.41, 5.74) is 6.12. The van der Waals surface area contributed by atoms with E-state index < -0.39 is 20.3 Å². The van der Waals surface area contributed by atoms with Gasteiger partial charge in [0.15, 0.2) is 0 Å². The Morgan fingerprint density at radius 1 is 1.00 bits per heavy atom. The molecule has 1 heteroatoms. The molecular formula is C22H28Zr. The van der Waals surface area contributed by atoms with Crippen LogP contribution >= 0.6 is 0 Å². The van der Waals surface area contributed by atoms with Crippen molar-refractivity contribution in [2.24, 2.45) is 5.92 Å². The quantitative estimate of drug-likeness (QED) is 0.615. The third-order valence-electron chi connectivity index (χ3n) is 5.18. The van der Waals surface area contributed by atoms with Gasteiger partial charge < -0.3 is 0 Å². The molecule has 120 valence electrons. The average Bonchev–Trinajstić information content (AvgIpc) is 2.83. The standard InChI is InChI=1S/C14H17.C6H5.2CH3.Zr/c1-10(2)6-12-4-5-13-7-11(3)8-14(13)9-12;1-2-4-6-5-3-1;;;/h4-5,7-10H,6H2,1-3H3;1-5H;2*1H3;. The molecule has 23 heavy (non-hydrogen) atoms. The average molecular weight is 384 g/mol. The Labute approximate surface area is 146 Å². The van der Waals surface area contributed by atoms with Gasteiger partial charge in [0.1, 0.15) is 0 Å². The molecule has 0 aliphatic heterocycles. The van der Waals surface area contributed by atoms with Gasteiger partial charge in [-0.05, 0) is 0 Å². The van der Waals surface area contributed by atoms with Gasteiger partial charge in [-0.2, -0.15) is 0 Å². The molecule has 1 aliphatic rings. The van der Waals surface area contributed by atoms with E-state index in [2.05, 4.69) is 84.6 Å². The van der Waals surface area contributed by atoms with E-state index in [1.165, 1.54) is 17.5 Å². The van der Waals surface area contributed by atoms with Crippen LogP contribution in [0.3, 0.4) is 0 Å². The molecule has 0 saturated heterocycles. The van der Waals surface area contributed by atoms with Crippen molar-refractivity contribution in [2.75, 3.05) is 0 Å². The number of allylic oxidation sites excluding steroid dienone is 1. The van der Waals surface area contributed by atoms with Crippen LogP contribution in [-0.4, -0.2) is 0 Å². The van der Waals surface area contributed by atoms with Crippen molar-refractivity contribution in [3.8, 4) is 0 Å². The van der Waals surface area contributed by atoms with Crippen LogP contribution in [-0.2, 0) is 26.7 Å². The summed E-state index contributed by atoms with van der Waals surface area (Å²) in [6.45, 7) is 6.94. The zero-order valence-corrected chi connectivity index (χ0v) is 17.5.